The Balaban J connectivity index is 1.16. The third-order valence-electron chi connectivity index (χ3n) is 8.68. The number of hydrogen-bond acceptors (Lipinski definition) is 6. The van der Waals surface area contributed by atoms with E-state index < -0.39 is 29.9 Å². The van der Waals surface area contributed by atoms with Crippen LogP contribution in [-0.2, 0) is 16.1 Å². The molecular formula is C35H35F2N7O4. The molecule has 4 amide bonds. The van der Waals surface area contributed by atoms with Crippen molar-refractivity contribution in [3.63, 3.8) is 0 Å². The predicted octanol–water partition coefficient (Wildman–Crippen LogP) is 4.39. The highest BCUT2D eigenvalue weighted by atomic mass is 19.1. The second-order valence-corrected chi connectivity index (χ2v) is 11.9. The number of halogens is 2. The lowest BCUT2D eigenvalue weighted by Crippen LogP contribution is -2.33. The van der Waals surface area contributed by atoms with Crippen molar-refractivity contribution >= 4 is 35.0 Å². The molecule has 3 heterocycles. The standard InChI is InChI=1S/C35H35F2N7O4/c1-20-32(35(48)38-13-16-44-14-3-4-15-44)42-33(40-20)26-12-11-24(27-19-39-34(47)31(26)27)25-10-7-22(17-28(25)37)41-29(45)18-30(46)43(2)23-8-5-21(36)6-9-23/h5-12,17H,3-4,13-16,18-19H2,1-2H3,(H,38,48)(H,39,47)(H,40,42)(H,41,45). The maximum atomic E-state index is 15.5. The van der Waals surface area contributed by atoms with Crippen molar-refractivity contribution in [1.29, 1.82) is 0 Å². The SMILES string of the molecule is Cc1[nH]c(-c2ccc(-c3ccc(NC(=O)CC(=O)N(C)c4ccc(F)cc4)cc3F)c3c2C(=O)NC3)nc1C(=O)NCCN1CCCC1. The van der Waals surface area contributed by atoms with Crippen molar-refractivity contribution in [2.24, 2.45) is 0 Å². The third kappa shape index (κ3) is 6.81. The first kappa shape index (κ1) is 32.5. The number of carbonyl (C=O) groups is 4. The lowest BCUT2D eigenvalue weighted by atomic mass is 9.92. The molecule has 4 N–H and O–H groups in total. The topological polar surface area (TPSA) is 140 Å². The largest absolute Gasteiger partial charge is 0.349 e. The van der Waals surface area contributed by atoms with Gasteiger partial charge in [-0.2, -0.15) is 0 Å². The number of imidazole rings is 1. The van der Waals surface area contributed by atoms with E-state index in [1.807, 2.05) is 0 Å². The molecule has 3 aromatic carbocycles. The summed E-state index contributed by atoms with van der Waals surface area (Å²) < 4.78 is 28.8. The Kier molecular flexibility index (Phi) is 9.30. The van der Waals surface area contributed by atoms with Crippen LogP contribution in [0.5, 0.6) is 0 Å². The second kappa shape index (κ2) is 13.7. The van der Waals surface area contributed by atoms with E-state index in [0.29, 0.717) is 46.0 Å². The Morgan fingerprint density at radius 1 is 0.979 bits per heavy atom. The lowest BCUT2D eigenvalue weighted by molar-refractivity contribution is -0.125. The van der Waals surface area contributed by atoms with Gasteiger partial charge in [-0.25, -0.2) is 13.8 Å². The Labute approximate surface area is 275 Å². The number of hydrogen-bond donors (Lipinski definition) is 4. The number of aromatic nitrogens is 2. The zero-order chi connectivity index (χ0) is 33.9. The molecule has 4 aromatic rings. The van der Waals surface area contributed by atoms with Gasteiger partial charge in [-0.1, -0.05) is 6.07 Å². The van der Waals surface area contributed by atoms with E-state index >= 15 is 4.39 Å². The van der Waals surface area contributed by atoms with E-state index in [4.69, 9.17) is 0 Å². The van der Waals surface area contributed by atoms with Gasteiger partial charge in [0.05, 0.1) is 5.56 Å². The van der Waals surface area contributed by atoms with Gasteiger partial charge in [0.2, 0.25) is 11.8 Å². The molecule has 0 spiro atoms. The lowest BCUT2D eigenvalue weighted by Gasteiger charge is -2.17. The molecule has 2 aliphatic heterocycles. The fraction of sp³-hybridized carbons (Fsp3) is 0.286. The van der Waals surface area contributed by atoms with Crippen LogP contribution < -0.4 is 20.9 Å². The predicted molar refractivity (Wildman–Crippen MR) is 176 cm³/mol. The van der Waals surface area contributed by atoms with Crippen molar-refractivity contribution < 1.29 is 28.0 Å². The Hall–Kier alpha value is -5.43. The molecule has 6 rings (SSSR count). The summed E-state index contributed by atoms with van der Waals surface area (Å²) in [5.41, 5.74) is 3.49. The summed E-state index contributed by atoms with van der Waals surface area (Å²) in [6, 6.07) is 12.8. The van der Waals surface area contributed by atoms with Gasteiger partial charge in [0.1, 0.15) is 29.6 Å². The molecule has 1 fully saturated rings. The van der Waals surface area contributed by atoms with Gasteiger partial charge in [-0.05, 0) is 92.5 Å². The normalized spacial score (nSPS) is 14.0. The Bertz CT molecular complexity index is 1900. The number of likely N-dealkylation sites (tertiary alicyclic amines) is 1. The average molecular weight is 656 g/mol. The summed E-state index contributed by atoms with van der Waals surface area (Å²) >= 11 is 0. The van der Waals surface area contributed by atoms with Crippen LogP contribution in [0.1, 0.15) is 51.4 Å². The molecule has 11 nitrogen and oxygen atoms in total. The molecule has 48 heavy (non-hydrogen) atoms. The molecule has 0 unspecified atom stereocenters. The summed E-state index contributed by atoms with van der Waals surface area (Å²) in [6.07, 6.45) is 1.84. The van der Waals surface area contributed by atoms with E-state index in [9.17, 15) is 23.6 Å². The summed E-state index contributed by atoms with van der Waals surface area (Å²) in [5, 5.41) is 8.27. The first-order valence-corrected chi connectivity index (χ1v) is 15.7. The fourth-order valence-electron chi connectivity index (χ4n) is 6.11. The molecule has 0 bridgehead atoms. The van der Waals surface area contributed by atoms with Gasteiger partial charge >= 0.3 is 0 Å². The van der Waals surface area contributed by atoms with Crippen LogP contribution in [0.4, 0.5) is 20.2 Å². The molecule has 0 saturated carbocycles. The molecule has 13 heteroatoms. The second-order valence-electron chi connectivity index (χ2n) is 11.9. The summed E-state index contributed by atoms with van der Waals surface area (Å²) in [6.45, 7) is 5.27. The van der Waals surface area contributed by atoms with E-state index in [1.54, 1.807) is 19.1 Å². The van der Waals surface area contributed by atoms with Crippen LogP contribution in [-0.4, -0.2) is 71.7 Å². The van der Waals surface area contributed by atoms with E-state index in [1.165, 1.54) is 61.2 Å². The Morgan fingerprint density at radius 3 is 2.42 bits per heavy atom. The highest BCUT2D eigenvalue weighted by Gasteiger charge is 2.29. The molecule has 2 aliphatic rings. The van der Waals surface area contributed by atoms with Crippen LogP contribution in [0.2, 0.25) is 0 Å². The highest BCUT2D eigenvalue weighted by Crippen LogP contribution is 2.37. The molecule has 248 valence electrons. The zero-order valence-electron chi connectivity index (χ0n) is 26.6. The van der Waals surface area contributed by atoms with Gasteiger partial charge < -0.3 is 30.7 Å². The fourth-order valence-corrected chi connectivity index (χ4v) is 6.11. The third-order valence-corrected chi connectivity index (χ3v) is 8.68. The number of benzene rings is 3. The minimum absolute atomic E-state index is 0.151. The summed E-state index contributed by atoms with van der Waals surface area (Å²) in [5.74, 6) is -2.54. The number of amides is 4. The minimum Gasteiger partial charge on any atom is -0.349 e. The number of carbonyl (C=O) groups excluding carboxylic acids is 4. The van der Waals surface area contributed by atoms with Crippen LogP contribution in [0, 0.1) is 18.6 Å². The quantitative estimate of drug-likeness (QED) is 0.187. The average Bonchev–Trinajstić information content (AvgIpc) is 3.82. The zero-order valence-corrected chi connectivity index (χ0v) is 26.6. The van der Waals surface area contributed by atoms with Crippen LogP contribution in [0.25, 0.3) is 22.5 Å². The van der Waals surface area contributed by atoms with Crippen LogP contribution >= 0.6 is 0 Å². The monoisotopic (exact) mass is 655 g/mol. The number of H-pyrrole nitrogens is 1. The van der Waals surface area contributed by atoms with Crippen LogP contribution in [0.3, 0.4) is 0 Å². The summed E-state index contributed by atoms with van der Waals surface area (Å²) in [7, 11) is 1.47. The number of nitrogens with zero attached hydrogens (tertiary/aromatic N) is 3. The molecule has 0 aliphatic carbocycles. The van der Waals surface area contributed by atoms with E-state index in [0.717, 1.165) is 25.7 Å². The number of aryl methyl sites for hydroxylation is 1. The van der Waals surface area contributed by atoms with Gasteiger partial charge in [-0.15, -0.1) is 0 Å². The van der Waals surface area contributed by atoms with Gasteiger partial charge in [0, 0.05) is 54.9 Å². The van der Waals surface area contributed by atoms with Crippen molar-refractivity contribution in [2.45, 2.75) is 32.7 Å². The smallest absolute Gasteiger partial charge is 0.271 e. The summed E-state index contributed by atoms with van der Waals surface area (Å²) in [4.78, 5) is 62.3. The molecule has 0 radical (unpaired) electrons. The van der Waals surface area contributed by atoms with Crippen molar-refractivity contribution in [1.82, 2.24) is 25.5 Å². The highest BCUT2D eigenvalue weighted by molar-refractivity contribution is 6.09. The van der Waals surface area contributed by atoms with Crippen molar-refractivity contribution in [3.8, 4) is 22.5 Å². The molecular weight excluding hydrogens is 620 g/mol. The van der Waals surface area contributed by atoms with Gasteiger partial charge in [0.15, 0.2) is 0 Å². The molecule has 0 atom stereocenters. The first-order valence-electron chi connectivity index (χ1n) is 15.7. The number of anilines is 2. The number of rotatable bonds is 10. The van der Waals surface area contributed by atoms with Crippen molar-refractivity contribution in [2.75, 3.05) is 43.4 Å². The first-order chi connectivity index (χ1) is 23.1. The van der Waals surface area contributed by atoms with Gasteiger partial charge in [-0.3, -0.25) is 19.2 Å². The maximum absolute atomic E-state index is 15.5. The van der Waals surface area contributed by atoms with E-state index in [-0.39, 0.29) is 35.3 Å². The maximum Gasteiger partial charge on any atom is 0.271 e. The molecule has 1 saturated heterocycles. The van der Waals surface area contributed by atoms with Crippen molar-refractivity contribution in [3.05, 3.63) is 88.7 Å². The Morgan fingerprint density at radius 2 is 1.69 bits per heavy atom. The van der Waals surface area contributed by atoms with Crippen LogP contribution in [0.15, 0.2) is 54.6 Å². The number of aromatic amines is 1. The number of nitrogens with one attached hydrogen (secondary N) is 4. The van der Waals surface area contributed by atoms with E-state index in [2.05, 4.69) is 30.8 Å². The number of fused-ring (bicyclic) bond motifs is 1. The molecule has 1 aromatic heterocycles. The van der Waals surface area contributed by atoms with Gasteiger partial charge in [0.25, 0.3) is 11.8 Å². The minimum atomic E-state index is -0.644.